The molecule has 1 unspecified atom stereocenters. The number of rotatable bonds is 7. The third-order valence-corrected chi connectivity index (χ3v) is 3.78. The van der Waals surface area contributed by atoms with Crippen molar-refractivity contribution in [2.45, 2.75) is 58.7 Å². The van der Waals surface area contributed by atoms with Crippen molar-refractivity contribution < 1.29 is 4.79 Å². The predicted octanol–water partition coefficient (Wildman–Crippen LogP) is 2.87. The van der Waals surface area contributed by atoms with Crippen LogP contribution in [0.1, 0.15) is 44.2 Å². The molecule has 0 bridgehead atoms. The summed E-state index contributed by atoms with van der Waals surface area (Å²) in [5.41, 5.74) is 2.49. The van der Waals surface area contributed by atoms with E-state index in [-0.39, 0.29) is 11.9 Å². The van der Waals surface area contributed by atoms with Crippen molar-refractivity contribution in [2.24, 2.45) is 0 Å². The van der Waals surface area contributed by atoms with Crippen LogP contribution in [0.2, 0.25) is 0 Å². The number of aryl methyl sites for hydroxylation is 1. The van der Waals surface area contributed by atoms with Gasteiger partial charge in [-0.15, -0.1) is 0 Å². The highest BCUT2D eigenvalue weighted by Gasteiger charge is 2.32. The number of amides is 1. The monoisotopic (exact) mass is 274 g/mol. The molecule has 1 N–H and O–H groups in total. The molecule has 3 heteroatoms. The highest BCUT2D eigenvalue weighted by atomic mass is 16.2. The lowest BCUT2D eigenvalue weighted by molar-refractivity contribution is -0.132. The summed E-state index contributed by atoms with van der Waals surface area (Å²) in [4.78, 5) is 14.6. The molecule has 0 heterocycles. The Hall–Kier alpha value is -1.35. The Bertz CT molecular complexity index is 454. The third-order valence-electron chi connectivity index (χ3n) is 3.78. The second-order valence-corrected chi connectivity index (χ2v) is 5.90. The van der Waals surface area contributed by atoms with Gasteiger partial charge in [-0.25, -0.2) is 0 Å². The van der Waals surface area contributed by atoms with Crippen molar-refractivity contribution in [3.63, 3.8) is 0 Å². The summed E-state index contributed by atoms with van der Waals surface area (Å²) in [6.45, 7) is 7.92. The molecule has 1 aromatic carbocycles. The van der Waals surface area contributed by atoms with Gasteiger partial charge in [0, 0.05) is 25.0 Å². The van der Waals surface area contributed by atoms with E-state index in [1.165, 1.54) is 11.1 Å². The number of carbonyl (C=O) groups excluding carboxylic acids is 1. The maximum atomic E-state index is 12.5. The SMILES string of the molecule is CCNC(C)CC(=O)N(Cc1cccc(C)c1)C1CC1. The molecular formula is C17H26N2O. The van der Waals surface area contributed by atoms with Gasteiger partial charge in [-0.3, -0.25) is 4.79 Å². The Morgan fingerprint density at radius 1 is 1.45 bits per heavy atom. The molecule has 0 radical (unpaired) electrons. The molecule has 0 saturated heterocycles. The number of nitrogens with zero attached hydrogens (tertiary/aromatic N) is 1. The summed E-state index contributed by atoms with van der Waals surface area (Å²) >= 11 is 0. The molecule has 1 atom stereocenters. The topological polar surface area (TPSA) is 32.3 Å². The van der Waals surface area contributed by atoms with Crippen LogP contribution in [-0.4, -0.2) is 29.4 Å². The van der Waals surface area contributed by atoms with Crippen LogP contribution in [0.25, 0.3) is 0 Å². The normalized spacial score (nSPS) is 15.9. The Kier molecular flexibility index (Phi) is 5.18. The van der Waals surface area contributed by atoms with Crippen LogP contribution in [0.3, 0.4) is 0 Å². The van der Waals surface area contributed by atoms with Gasteiger partial charge in [-0.1, -0.05) is 36.8 Å². The Labute approximate surface area is 122 Å². The van der Waals surface area contributed by atoms with Crippen LogP contribution >= 0.6 is 0 Å². The van der Waals surface area contributed by atoms with Gasteiger partial charge in [0.15, 0.2) is 0 Å². The summed E-state index contributed by atoms with van der Waals surface area (Å²) in [5, 5.41) is 3.32. The quantitative estimate of drug-likeness (QED) is 0.829. The van der Waals surface area contributed by atoms with E-state index in [9.17, 15) is 4.79 Å². The largest absolute Gasteiger partial charge is 0.335 e. The molecule has 1 saturated carbocycles. The number of carbonyl (C=O) groups is 1. The van der Waals surface area contributed by atoms with Crippen molar-refractivity contribution in [3.8, 4) is 0 Å². The zero-order chi connectivity index (χ0) is 14.5. The summed E-state index contributed by atoms with van der Waals surface area (Å²) in [5.74, 6) is 0.280. The van der Waals surface area contributed by atoms with Gasteiger partial charge in [-0.05, 0) is 38.8 Å². The van der Waals surface area contributed by atoms with Gasteiger partial charge >= 0.3 is 0 Å². The molecule has 1 aliphatic rings. The first kappa shape index (κ1) is 15.0. The molecule has 0 aromatic heterocycles. The predicted molar refractivity (Wildman–Crippen MR) is 82.5 cm³/mol. The summed E-state index contributed by atoms with van der Waals surface area (Å²) < 4.78 is 0. The molecule has 1 aliphatic carbocycles. The van der Waals surface area contributed by atoms with Crippen molar-refractivity contribution in [1.82, 2.24) is 10.2 Å². The fraction of sp³-hybridized carbons (Fsp3) is 0.588. The van der Waals surface area contributed by atoms with Gasteiger partial charge < -0.3 is 10.2 Å². The van der Waals surface area contributed by atoms with Gasteiger partial charge in [0.05, 0.1) is 0 Å². The fourth-order valence-corrected chi connectivity index (χ4v) is 2.61. The second kappa shape index (κ2) is 6.89. The summed E-state index contributed by atoms with van der Waals surface area (Å²) in [6.07, 6.45) is 2.91. The lowest BCUT2D eigenvalue weighted by Gasteiger charge is -2.24. The zero-order valence-corrected chi connectivity index (χ0v) is 12.9. The van der Waals surface area contributed by atoms with Gasteiger partial charge in [0.1, 0.15) is 0 Å². The maximum absolute atomic E-state index is 12.5. The Balaban J connectivity index is 1.98. The highest BCUT2D eigenvalue weighted by Crippen LogP contribution is 2.29. The Morgan fingerprint density at radius 2 is 2.20 bits per heavy atom. The average molecular weight is 274 g/mol. The van der Waals surface area contributed by atoms with Crippen LogP contribution in [0.5, 0.6) is 0 Å². The molecule has 0 spiro atoms. The van der Waals surface area contributed by atoms with Crippen LogP contribution < -0.4 is 5.32 Å². The van der Waals surface area contributed by atoms with Gasteiger partial charge in [0.25, 0.3) is 0 Å². The fourth-order valence-electron chi connectivity index (χ4n) is 2.61. The minimum absolute atomic E-state index is 0.256. The molecule has 1 fully saturated rings. The summed E-state index contributed by atoms with van der Waals surface area (Å²) in [6, 6.07) is 9.18. The molecule has 110 valence electrons. The highest BCUT2D eigenvalue weighted by molar-refractivity contribution is 5.77. The van der Waals surface area contributed by atoms with Crippen LogP contribution in [0.4, 0.5) is 0 Å². The van der Waals surface area contributed by atoms with E-state index >= 15 is 0 Å². The maximum Gasteiger partial charge on any atom is 0.224 e. The van der Waals surface area contributed by atoms with Crippen molar-refractivity contribution in [3.05, 3.63) is 35.4 Å². The third kappa shape index (κ3) is 4.34. The van der Waals surface area contributed by atoms with E-state index in [1.54, 1.807) is 0 Å². The first-order valence-corrected chi connectivity index (χ1v) is 7.68. The van der Waals surface area contributed by atoms with Crippen LogP contribution in [-0.2, 0) is 11.3 Å². The first-order valence-electron chi connectivity index (χ1n) is 7.68. The standard InChI is InChI=1S/C17H26N2O/c1-4-18-14(3)11-17(20)19(16-8-9-16)12-15-7-5-6-13(2)10-15/h5-7,10,14,16,18H,4,8-9,11-12H2,1-3H3. The van der Waals surface area contributed by atoms with Gasteiger partial charge in [-0.2, -0.15) is 0 Å². The number of hydrogen-bond acceptors (Lipinski definition) is 2. The molecule has 3 nitrogen and oxygen atoms in total. The van der Waals surface area contributed by atoms with Crippen molar-refractivity contribution in [1.29, 1.82) is 0 Å². The lowest BCUT2D eigenvalue weighted by atomic mass is 10.1. The average Bonchev–Trinajstić information content (AvgIpc) is 3.20. The van der Waals surface area contributed by atoms with Crippen LogP contribution in [0.15, 0.2) is 24.3 Å². The minimum atomic E-state index is 0.256. The lowest BCUT2D eigenvalue weighted by Crippen LogP contribution is -2.37. The van der Waals surface area contributed by atoms with E-state index in [1.807, 2.05) is 0 Å². The van der Waals surface area contributed by atoms with E-state index in [4.69, 9.17) is 0 Å². The number of benzene rings is 1. The Morgan fingerprint density at radius 3 is 2.80 bits per heavy atom. The molecular weight excluding hydrogens is 248 g/mol. The van der Waals surface area contributed by atoms with E-state index < -0.39 is 0 Å². The molecule has 2 rings (SSSR count). The minimum Gasteiger partial charge on any atom is -0.335 e. The molecule has 1 amide bonds. The zero-order valence-electron chi connectivity index (χ0n) is 12.9. The number of nitrogens with one attached hydrogen (secondary N) is 1. The molecule has 1 aromatic rings. The van der Waals surface area contributed by atoms with E-state index in [0.717, 1.165) is 25.9 Å². The smallest absolute Gasteiger partial charge is 0.224 e. The summed E-state index contributed by atoms with van der Waals surface area (Å²) in [7, 11) is 0. The molecule has 20 heavy (non-hydrogen) atoms. The molecule has 0 aliphatic heterocycles. The van der Waals surface area contributed by atoms with Crippen molar-refractivity contribution in [2.75, 3.05) is 6.54 Å². The van der Waals surface area contributed by atoms with E-state index in [0.29, 0.717) is 12.5 Å². The van der Waals surface area contributed by atoms with Gasteiger partial charge in [0.2, 0.25) is 5.91 Å². The van der Waals surface area contributed by atoms with Crippen molar-refractivity contribution >= 4 is 5.91 Å². The van der Waals surface area contributed by atoms with E-state index in [2.05, 4.69) is 55.3 Å². The first-order chi connectivity index (χ1) is 9.60. The van der Waals surface area contributed by atoms with Crippen LogP contribution in [0, 0.1) is 6.92 Å². The second-order valence-electron chi connectivity index (χ2n) is 5.90. The number of hydrogen-bond donors (Lipinski definition) is 1.